The van der Waals surface area contributed by atoms with Crippen molar-refractivity contribution in [2.75, 3.05) is 11.9 Å². The highest BCUT2D eigenvalue weighted by atomic mass is 32.1. The van der Waals surface area contributed by atoms with Crippen molar-refractivity contribution in [2.24, 2.45) is 5.73 Å². The van der Waals surface area contributed by atoms with Gasteiger partial charge in [0, 0.05) is 30.1 Å². The molecule has 2 heterocycles. The summed E-state index contributed by atoms with van der Waals surface area (Å²) >= 11 is 5.03. The number of fused-ring (bicyclic) bond motifs is 1. The van der Waals surface area contributed by atoms with Crippen molar-refractivity contribution in [1.82, 2.24) is 19.6 Å². The lowest BCUT2D eigenvalue weighted by Gasteiger charge is -2.20. The van der Waals surface area contributed by atoms with Crippen molar-refractivity contribution < 1.29 is 0 Å². The number of nitrogens with two attached hydrogens (primary N) is 1. The van der Waals surface area contributed by atoms with Crippen molar-refractivity contribution in [3.63, 3.8) is 0 Å². The van der Waals surface area contributed by atoms with E-state index < -0.39 is 0 Å². The van der Waals surface area contributed by atoms with E-state index in [4.69, 9.17) is 18.0 Å². The summed E-state index contributed by atoms with van der Waals surface area (Å²) in [6, 6.07) is 9.70. The number of benzene rings is 1. The van der Waals surface area contributed by atoms with Crippen molar-refractivity contribution in [2.45, 2.75) is 6.92 Å². The first-order valence-corrected chi connectivity index (χ1v) is 6.78. The van der Waals surface area contributed by atoms with Crippen LogP contribution in [0.25, 0.3) is 5.78 Å². The molecule has 0 radical (unpaired) electrons. The second-order valence-corrected chi connectivity index (χ2v) is 5.14. The number of aromatic nitrogens is 4. The molecule has 0 saturated carbocycles. The molecule has 21 heavy (non-hydrogen) atoms. The normalized spacial score (nSPS) is 10.8. The van der Waals surface area contributed by atoms with Gasteiger partial charge < -0.3 is 10.6 Å². The molecule has 7 heteroatoms. The van der Waals surface area contributed by atoms with Gasteiger partial charge in [-0.25, -0.2) is 4.98 Å². The highest BCUT2D eigenvalue weighted by Crippen LogP contribution is 2.24. The van der Waals surface area contributed by atoms with Crippen molar-refractivity contribution in [3.05, 3.63) is 47.9 Å². The minimum absolute atomic E-state index is 0.377. The zero-order valence-electron chi connectivity index (χ0n) is 11.7. The molecule has 2 aromatic heterocycles. The number of hydrogen-bond donors (Lipinski definition) is 1. The molecule has 106 valence electrons. The molecule has 0 aliphatic rings. The topological polar surface area (TPSA) is 72.3 Å². The lowest BCUT2D eigenvalue weighted by molar-refractivity contribution is 0.903. The fourth-order valence-corrected chi connectivity index (χ4v) is 2.28. The highest BCUT2D eigenvalue weighted by molar-refractivity contribution is 7.80. The van der Waals surface area contributed by atoms with E-state index in [0.29, 0.717) is 10.8 Å². The molecule has 6 nitrogen and oxygen atoms in total. The van der Waals surface area contributed by atoms with Gasteiger partial charge in [0.05, 0.1) is 0 Å². The number of rotatable bonds is 3. The number of nitrogens with zero attached hydrogens (tertiary/aromatic N) is 5. The summed E-state index contributed by atoms with van der Waals surface area (Å²) < 4.78 is 1.69. The molecule has 2 N–H and O–H groups in total. The molecule has 0 saturated heterocycles. The Balaban J connectivity index is 2.12. The predicted octanol–water partition coefficient (Wildman–Crippen LogP) is 1.83. The Morgan fingerprint density at radius 3 is 2.90 bits per heavy atom. The van der Waals surface area contributed by atoms with E-state index in [1.165, 1.54) is 6.33 Å². The van der Waals surface area contributed by atoms with Crippen molar-refractivity contribution in [3.8, 4) is 0 Å². The van der Waals surface area contributed by atoms with Gasteiger partial charge in [-0.2, -0.15) is 14.6 Å². The molecule has 0 spiro atoms. The number of aryl methyl sites for hydroxylation is 1. The lowest BCUT2D eigenvalue weighted by atomic mass is 10.2. The van der Waals surface area contributed by atoms with Gasteiger partial charge in [0.25, 0.3) is 5.78 Å². The molecule has 3 aromatic rings. The van der Waals surface area contributed by atoms with Crippen LogP contribution in [0.2, 0.25) is 0 Å². The summed E-state index contributed by atoms with van der Waals surface area (Å²) in [5.74, 6) is 1.44. The fraction of sp³-hybridized carbons (Fsp3) is 0.143. The van der Waals surface area contributed by atoms with Gasteiger partial charge >= 0.3 is 0 Å². The summed E-state index contributed by atoms with van der Waals surface area (Å²) in [7, 11) is 1.95. The summed E-state index contributed by atoms with van der Waals surface area (Å²) in [6.07, 6.45) is 1.49. The molecule has 0 aliphatic heterocycles. The van der Waals surface area contributed by atoms with E-state index in [2.05, 4.69) is 15.1 Å². The largest absolute Gasteiger partial charge is 0.389 e. The summed E-state index contributed by atoms with van der Waals surface area (Å²) in [5, 5.41) is 4.21. The Bertz CT molecular complexity index is 825. The zero-order chi connectivity index (χ0) is 15.0. The van der Waals surface area contributed by atoms with Crippen molar-refractivity contribution >= 4 is 34.5 Å². The summed E-state index contributed by atoms with van der Waals surface area (Å²) in [5.41, 5.74) is 8.36. The van der Waals surface area contributed by atoms with Gasteiger partial charge in [0.2, 0.25) is 0 Å². The summed E-state index contributed by atoms with van der Waals surface area (Å²) in [6.45, 7) is 1.93. The standard InChI is InChI=1S/C14H14N6S/c1-9-6-12(20-14(18-9)16-8-17-20)19(2)11-5-3-4-10(7-11)13(15)21/h3-8H,1-2H3,(H2,15,21). The second-order valence-electron chi connectivity index (χ2n) is 4.70. The Kier molecular flexibility index (Phi) is 3.26. The molecule has 0 amide bonds. The molecule has 3 rings (SSSR count). The molecular weight excluding hydrogens is 284 g/mol. The van der Waals surface area contributed by atoms with Crippen LogP contribution in [-0.2, 0) is 0 Å². The predicted molar refractivity (Wildman–Crippen MR) is 85.9 cm³/mol. The Hall–Kier alpha value is -2.54. The average molecular weight is 298 g/mol. The first kappa shape index (κ1) is 13.4. The zero-order valence-corrected chi connectivity index (χ0v) is 12.5. The van der Waals surface area contributed by atoms with Crippen LogP contribution in [0.5, 0.6) is 0 Å². The smallest absolute Gasteiger partial charge is 0.254 e. The van der Waals surface area contributed by atoms with Crippen LogP contribution in [0.3, 0.4) is 0 Å². The maximum atomic E-state index is 5.69. The SMILES string of the molecule is Cc1cc(N(C)c2cccc(C(N)=S)c2)n2ncnc2n1. The third kappa shape index (κ3) is 2.43. The van der Waals surface area contributed by atoms with Gasteiger partial charge in [-0.1, -0.05) is 24.4 Å². The third-order valence-electron chi connectivity index (χ3n) is 3.22. The maximum absolute atomic E-state index is 5.69. The third-order valence-corrected chi connectivity index (χ3v) is 3.46. The van der Waals surface area contributed by atoms with Crippen LogP contribution in [0.1, 0.15) is 11.3 Å². The monoisotopic (exact) mass is 298 g/mol. The minimum atomic E-state index is 0.377. The molecule has 0 bridgehead atoms. The van der Waals surface area contributed by atoms with Crippen LogP contribution in [-0.4, -0.2) is 31.6 Å². The van der Waals surface area contributed by atoms with Gasteiger partial charge in [0.15, 0.2) is 0 Å². The van der Waals surface area contributed by atoms with Crippen LogP contribution < -0.4 is 10.6 Å². The fourth-order valence-electron chi connectivity index (χ4n) is 2.15. The van der Waals surface area contributed by atoms with Gasteiger partial charge in [0.1, 0.15) is 17.1 Å². The minimum Gasteiger partial charge on any atom is -0.389 e. The van der Waals surface area contributed by atoms with E-state index in [9.17, 15) is 0 Å². The Morgan fingerprint density at radius 2 is 2.14 bits per heavy atom. The van der Waals surface area contributed by atoms with Gasteiger partial charge in [-0.3, -0.25) is 0 Å². The molecule has 0 unspecified atom stereocenters. The van der Waals surface area contributed by atoms with Crippen LogP contribution >= 0.6 is 12.2 Å². The molecule has 1 aromatic carbocycles. The van der Waals surface area contributed by atoms with E-state index in [1.807, 2.05) is 49.2 Å². The quantitative estimate of drug-likeness (QED) is 0.744. The lowest BCUT2D eigenvalue weighted by Crippen LogP contribution is -2.16. The summed E-state index contributed by atoms with van der Waals surface area (Å²) in [4.78, 5) is 10.9. The molecular formula is C14H14N6S. The molecule has 0 aliphatic carbocycles. The average Bonchev–Trinajstić information content (AvgIpc) is 2.93. The number of hydrogen-bond acceptors (Lipinski definition) is 5. The maximum Gasteiger partial charge on any atom is 0.254 e. The van der Waals surface area contributed by atoms with E-state index >= 15 is 0 Å². The Morgan fingerprint density at radius 1 is 1.33 bits per heavy atom. The first-order chi connectivity index (χ1) is 10.1. The molecule has 0 fully saturated rings. The van der Waals surface area contributed by atoms with Crippen molar-refractivity contribution in [1.29, 1.82) is 0 Å². The van der Waals surface area contributed by atoms with E-state index in [1.54, 1.807) is 4.52 Å². The van der Waals surface area contributed by atoms with Crippen LogP contribution in [0.4, 0.5) is 11.5 Å². The number of anilines is 2. The highest BCUT2D eigenvalue weighted by Gasteiger charge is 2.12. The first-order valence-electron chi connectivity index (χ1n) is 6.37. The van der Waals surface area contributed by atoms with Crippen LogP contribution in [0.15, 0.2) is 36.7 Å². The number of thiocarbonyl (C=S) groups is 1. The van der Waals surface area contributed by atoms with E-state index in [-0.39, 0.29) is 0 Å². The van der Waals surface area contributed by atoms with Gasteiger partial charge in [-0.05, 0) is 19.1 Å². The molecule has 0 atom stereocenters. The van der Waals surface area contributed by atoms with Crippen LogP contribution in [0, 0.1) is 6.92 Å². The Labute approximate surface area is 127 Å². The van der Waals surface area contributed by atoms with Gasteiger partial charge in [-0.15, -0.1) is 0 Å². The van der Waals surface area contributed by atoms with E-state index in [0.717, 1.165) is 22.8 Å². The second kappa shape index (κ2) is 5.10.